The zero-order valence-corrected chi connectivity index (χ0v) is 12.0. The zero-order valence-electron chi connectivity index (χ0n) is 12.0. The van der Waals surface area contributed by atoms with E-state index in [1.165, 1.54) is 11.8 Å². The molecule has 21 heavy (non-hydrogen) atoms. The van der Waals surface area contributed by atoms with Gasteiger partial charge in [-0.25, -0.2) is 4.90 Å². The van der Waals surface area contributed by atoms with Crippen molar-refractivity contribution < 1.29 is 14.4 Å². The molecule has 2 saturated heterocycles. The lowest BCUT2D eigenvalue weighted by Gasteiger charge is -2.21. The minimum Gasteiger partial charge on any atom is -0.295 e. The molecular formula is C16H18N2O3. The van der Waals surface area contributed by atoms with Crippen LogP contribution in [0.3, 0.4) is 0 Å². The topological polar surface area (TPSA) is 57.7 Å². The second-order valence-corrected chi connectivity index (χ2v) is 5.63. The van der Waals surface area contributed by atoms with Gasteiger partial charge in [-0.2, -0.15) is 0 Å². The monoisotopic (exact) mass is 286 g/mol. The van der Waals surface area contributed by atoms with Gasteiger partial charge in [0.25, 0.3) is 5.91 Å². The molecule has 2 fully saturated rings. The predicted molar refractivity (Wildman–Crippen MR) is 78.2 cm³/mol. The Hall–Kier alpha value is -2.01. The molecule has 0 aromatic heterocycles. The van der Waals surface area contributed by atoms with Crippen molar-refractivity contribution in [2.45, 2.75) is 32.2 Å². The van der Waals surface area contributed by atoms with E-state index in [1.54, 1.807) is 24.3 Å². The lowest BCUT2D eigenvalue weighted by molar-refractivity contribution is -0.122. The Morgan fingerprint density at radius 1 is 1.10 bits per heavy atom. The van der Waals surface area contributed by atoms with Crippen molar-refractivity contribution in [2.75, 3.05) is 18.0 Å². The highest BCUT2D eigenvalue weighted by Gasteiger charge is 2.43. The zero-order chi connectivity index (χ0) is 15.0. The van der Waals surface area contributed by atoms with Gasteiger partial charge in [-0.15, -0.1) is 0 Å². The number of carbonyl (C=O) groups is 3. The number of hydrogen-bond acceptors (Lipinski definition) is 4. The van der Waals surface area contributed by atoms with Crippen LogP contribution in [-0.4, -0.2) is 41.6 Å². The van der Waals surface area contributed by atoms with Crippen molar-refractivity contribution in [1.29, 1.82) is 0 Å². The summed E-state index contributed by atoms with van der Waals surface area (Å²) in [4.78, 5) is 39.3. The van der Waals surface area contributed by atoms with E-state index in [4.69, 9.17) is 0 Å². The smallest absolute Gasteiger partial charge is 0.251 e. The van der Waals surface area contributed by atoms with Crippen LogP contribution in [0.4, 0.5) is 5.69 Å². The fraction of sp³-hybridized carbons (Fsp3) is 0.438. The van der Waals surface area contributed by atoms with Gasteiger partial charge >= 0.3 is 0 Å². The molecule has 2 aliphatic heterocycles. The third-order valence-electron chi connectivity index (χ3n) is 4.24. The van der Waals surface area contributed by atoms with E-state index in [9.17, 15) is 14.4 Å². The van der Waals surface area contributed by atoms with Crippen LogP contribution in [0.15, 0.2) is 24.3 Å². The van der Waals surface area contributed by atoms with E-state index in [0.717, 1.165) is 25.9 Å². The van der Waals surface area contributed by atoms with Gasteiger partial charge in [0, 0.05) is 5.56 Å². The molecule has 0 radical (unpaired) electrons. The SMILES string of the molecule is CC(=O)c1ccc(N2C(=O)CC(N3CCCC3)C2=O)cc1. The Balaban J connectivity index is 1.82. The van der Waals surface area contributed by atoms with E-state index in [-0.39, 0.29) is 30.1 Å². The number of Topliss-reactive ketones (excluding diaryl/α,β-unsaturated/α-hetero) is 1. The minimum atomic E-state index is -0.313. The third kappa shape index (κ3) is 2.49. The van der Waals surface area contributed by atoms with Crippen molar-refractivity contribution in [3.8, 4) is 0 Å². The molecule has 5 nitrogen and oxygen atoms in total. The fourth-order valence-electron chi connectivity index (χ4n) is 3.07. The van der Waals surface area contributed by atoms with Crippen LogP contribution in [0.25, 0.3) is 0 Å². The van der Waals surface area contributed by atoms with Crippen molar-refractivity contribution in [2.24, 2.45) is 0 Å². The van der Waals surface area contributed by atoms with Gasteiger partial charge in [-0.05, 0) is 57.1 Å². The number of nitrogens with zero attached hydrogens (tertiary/aromatic N) is 2. The molecule has 1 atom stereocenters. The molecule has 1 unspecified atom stereocenters. The maximum atomic E-state index is 12.5. The number of anilines is 1. The van der Waals surface area contributed by atoms with Gasteiger partial charge < -0.3 is 0 Å². The average Bonchev–Trinajstić information content (AvgIpc) is 3.07. The van der Waals surface area contributed by atoms with Crippen molar-refractivity contribution in [3.63, 3.8) is 0 Å². The second-order valence-electron chi connectivity index (χ2n) is 5.63. The second kappa shape index (κ2) is 5.41. The molecule has 5 heteroatoms. The quantitative estimate of drug-likeness (QED) is 0.626. The molecule has 1 aromatic carbocycles. The van der Waals surface area contributed by atoms with E-state index in [1.807, 2.05) is 0 Å². The molecule has 0 saturated carbocycles. The molecule has 2 aliphatic rings. The van der Waals surface area contributed by atoms with Gasteiger partial charge in [-0.1, -0.05) is 0 Å². The molecule has 0 N–H and O–H groups in total. The Morgan fingerprint density at radius 2 is 1.71 bits per heavy atom. The maximum Gasteiger partial charge on any atom is 0.251 e. The molecule has 3 rings (SSSR count). The highest BCUT2D eigenvalue weighted by Crippen LogP contribution is 2.27. The van der Waals surface area contributed by atoms with Gasteiger partial charge in [0.1, 0.15) is 0 Å². The van der Waals surface area contributed by atoms with Gasteiger partial charge in [0.15, 0.2) is 5.78 Å². The number of rotatable bonds is 3. The van der Waals surface area contributed by atoms with E-state index in [2.05, 4.69) is 4.90 Å². The van der Waals surface area contributed by atoms with E-state index < -0.39 is 0 Å². The Labute approximate surface area is 123 Å². The maximum absolute atomic E-state index is 12.5. The third-order valence-corrected chi connectivity index (χ3v) is 4.24. The Bertz CT molecular complexity index is 588. The van der Waals surface area contributed by atoms with Crippen LogP contribution in [0.1, 0.15) is 36.5 Å². The number of likely N-dealkylation sites (tertiary alicyclic amines) is 1. The number of imide groups is 1. The first kappa shape index (κ1) is 13.9. The highest BCUT2D eigenvalue weighted by molar-refractivity contribution is 6.22. The molecule has 0 spiro atoms. The van der Waals surface area contributed by atoms with Gasteiger partial charge in [-0.3, -0.25) is 19.3 Å². The summed E-state index contributed by atoms with van der Waals surface area (Å²) in [6, 6.07) is 6.33. The van der Waals surface area contributed by atoms with Crippen LogP contribution in [0.5, 0.6) is 0 Å². The number of benzene rings is 1. The molecule has 1 aromatic rings. The minimum absolute atomic E-state index is 0.0319. The fourth-order valence-corrected chi connectivity index (χ4v) is 3.07. The molecular weight excluding hydrogens is 268 g/mol. The summed E-state index contributed by atoms with van der Waals surface area (Å²) in [6.45, 7) is 3.27. The Kier molecular flexibility index (Phi) is 3.59. The van der Waals surface area contributed by atoms with Crippen LogP contribution in [-0.2, 0) is 9.59 Å². The predicted octanol–water partition coefficient (Wildman–Crippen LogP) is 1.62. The molecule has 2 amide bonds. The van der Waals surface area contributed by atoms with Crippen molar-refractivity contribution >= 4 is 23.3 Å². The average molecular weight is 286 g/mol. The number of ketones is 1. The first-order valence-corrected chi connectivity index (χ1v) is 7.30. The van der Waals surface area contributed by atoms with E-state index in [0.29, 0.717) is 11.3 Å². The van der Waals surface area contributed by atoms with Crippen LogP contribution < -0.4 is 4.90 Å². The van der Waals surface area contributed by atoms with E-state index >= 15 is 0 Å². The first-order valence-electron chi connectivity index (χ1n) is 7.30. The summed E-state index contributed by atoms with van der Waals surface area (Å²) in [5.41, 5.74) is 1.13. The lowest BCUT2D eigenvalue weighted by Crippen LogP contribution is -2.40. The van der Waals surface area contributed by atoms with Crippen LogP contribution in [0, 0.1) is 0 Å². The van der Waals surface area contributed by atoms with Crippen molar-refractivity contribution in [1.82, 2.24) is 4.90 Å². The lowest BCUT2D eigenvalue weighted by atomic mass is 10.1. The summed E-state index contributed by atoms with van der Waals surface area (Å²) in [5, 5.41) is 0. The summed E-state index contributed by atoms with van der Waals surface area (Å²) in [5.74, 6) is -0.333. The van der Waals surface area contributed by atoms with Crippen LogP contribution >= 0.6 is 0 Å². The highest BCUT2D eigenvalue weighted by atomic mass is 16.2. The standard InChI is InChI=1S/C16H18N2O3/c1-11(19)12-4-6-13(7-5-12)18-15(20)10-14(16(18)21)17-8-2-3-9-17/h4-7,14H,2-3,8-10H2,1H3. The number of hydrogen-bond donors (Lipinski definition) is 0. The molecule has 0 aliphatic carbocycles. The van der Waals surface area contributed by atoms with Gasteiger partial charge in [0.2, 0.25) is 5.91 Å². The Morgan fingerprint density at radius 3 is 2.29 bits per heavy atom. The summed E-state index contributed by atoms with van der Waals surface area (Å²) < 4.78 is 0. The number of amides is 2. The largest absolute Gasteiger partial charge is 0.295 e. The van der Waals surface area contributed by atoms with Crippen molar-refractivity contribution in [3.05, 3.63) is 29.8 Å². The molecule has 0 bridgehead atoms. The van der Waals surface area contributed by atoms with Crippen LogP contribution in [0.2, 0.25) is 0 Å². The molecule has 2 heterocycles. The summed E-state index contributed by atoms with van der Waals surface area (Å²) >= 11 is 0. The molecule has 110 valence electrons. The normalized spacial score (nSPS) is 23.1. The van der Waals surface area contributed by atoms with Gasteiger partial charge in [0.05, 0.1) is 18.2 Å². The summed E-state index contributed by atoms with van der Waals surface area (Å²) in [7, 11) is 0. The number of carbonyl (C=O) groups excluding carboxylic acids is 3. The first-order chi connectivity index (χ1) is 10.1. The summed E-state index contributed by atoms with van der Waals surface area (Å²) in [6.07, 6.45) is 2.43.